The van der Waals surface area contributed by atoms with Crippen LogP contribution in [0, 0.1) is 6.92 Å². The van der Waals surface area contributed by atoms with E-state index in [1.54, 1.807) is 24.9 Å². The van der Waals surface area contributed by atoms with Gasteiger partial charge in [-0.25, -0.2) is 0 Å². The molecule has 0 atom stereocenters. The van der Waals surface area contributed by atoms with Gasteiger partial charge in [0.1, 0.15) is 0 Å². The summed E-state index contributed by atoms with van der Waals surface area (Å²) in [5.74, 6) is 0.391. The van der Waals surface area contributed by atoms with Gasteiger partial charge in [0.25, 0.3) is 5.91 Å². The lowest BCUT2D eigenvalue weighted by atomic mass is 10.0. The van der Waals surface area contributed by atoms with Gasteiger partial charge >= 0.3 is 0 Å². The van der Waals surface area contributed by atoms with E-state index in [1.165, 1.54) is 0 Å². The largest absolute Gasteiger partial charge is 0.322 e. The molecule has 0 bridgehead atoms. The zero-order valence-electron chi connectivity index (χ0n) is 20.2. The SMILES string of the molecule is C=C/C(=C\c1ccccc1C)NC(=O)c1ccccc1SCC(/C(=N\C)c1ccccc1)=C(/C)Cl. The molecule has 0 aliphatic rings. The smallest absolute Gasteiger partial charge is 0.256 e. The van der Waals surface area contributed by atoms with Gasteiger partial charge in [-0.3, -0.25) is 9.79 Å². The molecule has 3 rings (SSSR count). The predicted molar refractivity (Wildman–Crippen MR) is 151 cm³/mol. The quantitative estimate of drug-likeness (QED) is 0.186. The number of allylic oxidation sites excluding steroid dienone is 2. The first-order valence-corrected chi connectivity index (χ1v) is 12.6. The Balaban J connectivity index is 1.82. The van der Waals surface area contributed by atoms with Crippen LogP contribution in [0.3, 0.4) is 0 Å². The number of nitrogens with zero attached hydrogens (tertiary/aromatic N) is 1. The molecular formula is C30H29ClN2OS. The van der Waals surface area contributed by atoms with Gasteiger partial charge in [-0.2, -0.15) is 0 Å². The third kappa shape index (κ3) is 7.08. The van der Waals surface area contributed by atoms with Gasteiger partial charge in [0.15, 0.2) is 0 Å². The second kappa shape index (κ2) is 12.9. The molecule has 0 saturated heterocycles. The Labute approximate surface area is 217 Å². The van der Waals surface area contributed by atoms with E-state index in [0.717, 1.165) is 32.9 Å². The van der Waals surface area contributed by atoms with Gasteiger partial charge in [-0.15, -0.1) is 11.8 Å². The van der Waals surface area contributed by atoms with E-state index < -0.39 is 0 Å². The number of amides is 1. The van der Waals surface area contributed by atoms with Crippen molar-refractivity contribution in [1.29, 1.82) is 0 Å². The van der Waals surface area contributed by atoms with Crippen molar-refractivity contribution in [3.8, 4) is 0 Å². The number of halogens is 1. The fourth-order valence-corrected chi connectivity index (χ4v) is 4.94. The van der Waals surface area contributed by atoms with Crippen molar-refractivity contribution < 1.29 is 4.79 Å². The van der Waals surface area contributed by atoms with Gasteiger partial charge in [0.2, 0.25) is 0 Å². The summed E-state index contributed by atoms with van der Waals surface area (Å²) in [6.45, 7) is 7.78. The molecule has 0 spiro atoms. The lowest BCUT2D eigenvalue weighted by molar-refractivity contribution is 0.0964. The number of rotatable bonds is 9. The minimum absolute atomic E-state index is 0.187. The highest BCUT2D eigenvalue weighted by atomic mass is 35.5. The van der Waals surface area contributed by atoms with Crippen LogP contribution in [-0.2, 0) is 0 Å². The number of benzene rings is 3. The monoisotopic (exact) mass is 500 g/mol. The van der Waals surface area contributed by atoms with Crippen LogP contribution in [0.2, 0.25) is 0 Å². The summed E-state index contributed by atoms with van der Waals surface area (Å²) in [6.07, 6.45) is 3.58. The third-order valence-electron chi connectivity index (χ3n) is 5.45. The molecule has 0 aromatic heterocycles. The van der Waals surface area contributed by atoms with Crippen molar-refractivity contribution in [1.82, 2.24) is 5.32 Å². The van der Waals surface area contributed by atoms with Crippen LogP contribution in [-0.4, -0.2) is 24.4 Å². The van der Waals surface area contributed by atoms with Crippen molar-refractivity contribution in [3.05, 3.63) is 130 Å². The zero-order chi connectivity index (χ0) is 25.2. The molecular weight excluding hydrogens is 472 g/mol. The maximum absolute atomic E-state index is 13.2. The Morgan fingerprint density at radius 2 is 1.69 bits per heavy atom. The van der Waals surface area contributed by atoms with Gasteiger partial charge in [0.05, 0.1) is 11.3 Å². The van der Waals surface area contributed by atoms with Gasteiger partial charge < -0.3 is 5.32 Å². The van der Waals surface area contributed by atoms with E-state index in [2.05, 4.69) is 16.9 Å². The number of nitrogens with one attached hydrogen (secondary N) is 1. The molecule has 3 nitrogen and oxygen atoms in total. The fourth-order valence-electron chi connectivity index (χ4n) is 3.56. The Bertz CT molecular complexity index is 1290. The summed E-state index contributed by atoms with van der Waals surface area (Å²) in [4.78, 5) is 18.6. The van der Waals surface area contributed by atoms with Crippen molar-refractivity contribution in [3.63, 3.8) is 0 Å². The van der Waals surface area contributed by atoms with Crippen LogP contribution < -0.4 is 5.32 Å². The number of aliphatic imine (C=N–C) groups is 1. The van der Waals surface area contributed by atoms with Crippen molar-refractivity contribution in [2.45, 2.75) is 18.7 Å². The first kappa shape index (κ1) is 26.3. The minimum Gasteiger partial charge on any atom is -0.322 e. The van der Waals surface area contributed by atoms with Gasteiger partial charge in [-0.05, 0) is 54.8 Å². The van der Waals surface area contributed by atoms with Crippen molar-refractivity contribution in [2.24, 2.45) is 4.99 Å². The lowest BCUT2D eigenvalue weighted by Crippen LogP contribution is -2.22. The lowest BCUT2D eigenvalue weighted by Gasteiger charge is -2.14. The molecule has 0 aliphatic heterocycles. The molecule has 178 valence electrons. The highest BCUT2D eigenvalue weighted by molar-refractivity contribution is 7.99. The van der Waals surface area contributed by atoms with E-state index >= 15 is 0 Å². The Hall–Kier alpha value is -3.34. The first-order chi connectivity index (χ1) is 16.9. The molecule has 1 amide bonds. The topological polar surface area (TPSA) is 41.5 Å². The van der Waals surface area contributed by atoms with Crippen LogP contribution >= 0.6 is 23.4 Å². The summed E-state index contributed by atoms with van der Waals surface area (Å²) < 4.78 is 0. The average molecular weight is 501 g/mol. The molecule has 3 aromatic rings. The molecule has 0 saturated carbocycles. The fraction of sp³-hybridized carbons (Fsp3) is 0.133. The van der Waals surface area contributed by atoms with E-state index in [0.29, 0.717) is 22.0 Å². The minimum atomic E-state index is -0.187. The molecule has 0 fully saturated rings. The van der Waals surface area contributed by atoms with Crippen LogP contribution in [0.25, 0.3) is 6.08 Å². The Morgan fingerprint density at radius 3 is 2.34 bits per heavy atom. The number of aryl methyl sites for hydroxylation is 1. The molecule has 5 heteroatoms. The van der Waals surface area contributed by atoms with Crippen molar-refractivity contribution >= 4 is 41.1 Å². The number of thioether (sulfide) groups is 1. The Morgan fingerprint density at radius 1 is 1.03 bits per heavy atom. The number of hydrogen-bond acceptors (Lipinski definition) is 3. The van der Waals surface area contributed by atoms with E-state index in [9.17, 15) is 4.79 Å². The summed E-state index contributed by atoms with van der Waals surface area (Å²) in [5, 5.41) is 3.68. The maximum atomic E-state index is 13.2. The highest BCUT2D eigenvalue weighted by Gasteiger charge is 2.16. The van der Waals surface area contributed by atoms with Crippen LogP contribution in [0.5, 0.6) is 0 Å². The highest BCUT2D eigenvalue weighted by Crippen LogP contribution is 2.28. The normalized spacial score (nSPS) is 12.7. The standard InChI is InChI=1S/C30H29ClN2OS/c1-5-25(19-24-16-10-9-13-21(24)2)33-30(34)26-17-11-12-18-28(26)35-20-27(22(3)31)29(32-4)23-14-7-6-8-15-23/h5-19H,1,20H2,2-4H3,(H,33,34)/b25-19+,27-22+,32-29-. The maximum Gasteiger partial charge on any atom is 0.256 e. The summed E-state index contributed by atoms with van der Waals surface area (Å²) in [5.41, 5.74) is 6.19. The van der Waals surface area contributed by atoms with Crippen LogP contribution in [0.1, 0.15) is 34.0 Å². The zero-order valence-corrected chi connectivity index (χ0v) is 21.8. The van der Waals surface area contributed by atoms with Gasteiger partial charge in [-0.1, -0.05) is 84.9 Å². The Kier molecular flexibility index (Phi) is 9.71. The first-order valence-electron chi connectivity index (χ1n) is 11.2. The van der Waals surface area contributed by atoms with Crippen LogP contribution in [0.4, 0.5) is 0 Å². The molecule has 0 heterocycles. The predicted octanol–water partition coefficient (Wildman–Crippen LogP) is 7.68. The van der Waals surface area contributed by atoms with E-state index in [1.807, 2.05) is 98.8 Å². The summed E-state index contributed by atoms with van der Waals surface area (Å²) >= 11 is 8.06. The van der Waals surface area contributed by atoms with Crippen LogP contribution in [0.15, 0.2) is 118 Å². The van der Waals surface area contributed by atoms with Crippen molar-refractivity contribution in [2.75, 3.05) is 12.8 Å². The molecule has 1 N–H and O–H groups in total. The molecule has 0 unspecified atom stereocenters. The number of carbonyl (C=O) groups is 1. The third-order valence-corrected chi connectivity index (χ3v) is 6.78. The second-order valence-corrected chi connectivity index (χ2v) is 9.43. The average Bonchev–Trinajstić information content (AvgIpc) is 2.87. The number of carbonyl (C=O) groups excluding carboxylic acids is 1. The summed E-state index contributed by atoms with van der Waals surface area (Å²) in [7, 11) is 1.77. The molecule has 0 aliphatic carbocycles. The van der Waals surface area contributed by atoms with Gasteiger partial charge in [0, 0.05) is 34.0 Å². The summed E-state index contributed by atoms with van der Waals surface area (Å²) in [6, 6.07) is 25.6. The molecule has 3 aromatic carbocycles. The van der Waals surface area contributed by atoms with E-state index in [4.69, 9.17) is 11.6 Å². The molecule has 35 heavy (non-hydrogen) atoms. The number of hydrogen-bond donors (Lipinski definition) is 1. The second-order valence-electron chi connectivity index (χ2n) is 7.85. The molecule has 0 radical (unpaired) electrons. The van der Waals surface area contributed by atoms with E-state index in [-0.39, 0.29) is 5.91 Å².